The van der Waals surface area contributed by atoms with Crippen LogP contribution in [0.4, 0.5) is 0 Å². The minimum atomic E-state index is 0.285. The maximum Gasteiger partial charge on any atom is 0.180 e. The second-order valence-corrected chi connectivity index (χ2v) is 5.43. The highest BCUT2D eigenvalue weighted by Gasteiger charge is 2.21. The molecule has 0 radical (unpaired) electrons. The zero-order chi connectivity index (χ0) is 13.9. The third-order valence-electron chi connectivity index (χ3n) is 3.73. The number of fused-ring (bicyclic) bond motifs is 1. The Labute approximate surface area is 124 Å². The van der Waals surface area contributed by atoms with E-state index in [1.165, 1.54) is 5.56 Å². The van der Waals surface area contributed by atoms with E-state index in [0.29, 0.717) is 6.61 Å². The molecule has 1 aromatic heterocycles. The molecule has 1 atom stereocenters. The van der Waals surface area contributed by atoms with E-state index >= 15 is 0 Å². The fourth-order valence-electron chi connectivity index (χ4n) is 2.60. The van der Waals surface area contributed by atoms with Crippen LogP contribution in [0.5, 0.6) is 5.75 Å². The van der Waals surface area contributed by atoms with Gasteiger partial charge in [-0.2, -0.15) is 0 Å². The molecular weight excluding hydrogens is 270 g/mol. The molecule has 1 aliphatic rings. The fraction of sp³-hybridized carbons (Fsp3) is 0.400. The summed E-state index contributed by atoms with van der Waals surface area (Å²) in [6.45, 7) is 2.50. The Balaban J connectivity index is 1.81. The third kappa shape index (κ3) is 2.51. The normalized spacial score (nSPS) is 17.6. The van der Waals surface area contributed by atoms with Crippen LogP contribution >= 0.6 is 12.2 Å². The number of imidazole rings is 1. The average molecular weight is 289 g/mol. The van der Waals surface area contributed by atoms with Crippen molar-refractivity contribution in [2.75, 3.05) is 20.2 Å². The van der Waals surface area contributed by atoms with Crippen molar-refractivity contribution in [2.45, 2.75) is 19.0 Å². The molecule has 20 heavy (non-hydrogen) atoms. The number of rotatable bonds is 4. The summed E-state index contributed by atoms with van der Waals surface area (Å²) in [6, 6.07) is 8.51. The molecule has 0 bridgehead atoms. The van der Waals surface area contributed by atoms with Gasteiger partial charge < -0.3 is 19.2 Å². The Kier molecular flexibility index (Phi) is 3.89. The van der Waals surface area contributed by atoms with Crippen molar-refractivity contribution in [3.05, 3.63) is 47.0 Å². The van der Waals surface area contributed by atoms with E-state index < -0.39 is 0 Å². The summed E-state index contributed by atoms with van der Waals surface area (Å²) < 4.78 is 11.0. The molecule has 0 aliphatic carbocycles. The molecule has 0 saturated heterocycles. The van der Waals surface area contributed by atoms with Gasteiger partial charge in [0.2, 0.25) is 0 Å². The minimum Gasteiger partial charge on any atom is -0.491 e. The largest absolute Gasteiger partial charge is 0.491 e. The molecule has 0 saturated carbocycles. The van der Waals surface area contributed by atoms with Crippen molar-refractivity contribution < 1.29 is 4.74 Å². The van der Waals surface area contributed by atoms with Gasteiger partial charge >= 0.3 is 0 Å². The number of nitrogens with one attached hydrogen (secondary N) is 1. The SMILES string of the molecule is CNCCn1ccn([C@H]2COc3ccccc3C2)c1=S. The Morgan fingerprint density at radius 2 is 2.20 bits per heavy atom. The number of aromatic nitrogens is 2. The number of likely N-dealkylation sites (N-methyl/N-ethyl adjacent to an activating group) is 1. The van der Waals surface area contributed by atoms with Gasteiger partial charge in [-0.25, -0.2) is 0 Å². The predicted molar refractivity (Wildman–Crippen MR) is 81.9 cm³/mol. The Morgan fingerprint density at radius 1 is 1.35 bits per heavy atom. The highest BCUT2D eigenvalue weighted by atomic mass is 32.1. The van der Waals surface area contributed by atoms with Crippen molar-refractivity contribution in [2.24, 2.45) is 0 Å². The van der Waals surface area contributed by atoms with E-state index in [2.05, 4.69) is 39.0 Å². The first-order valence-corrected chi connectivity index (χ1v) is 7.33. The third-order valence-corrected chi connectivity index (χ3v) is 4.17. The second-order valence-electron chi connectivity index (χ2n) is 5.06. The van der Waals surface area contributed by atoms with Crippen molar-refractivity contribution >= 4 is 12.2 Å². The zero-order valence-electron chi connectivity index (χ0n) is 11.6. The molecule has 0 unspecified atom stereocenters. The van der Waals surface area contributed by atoms with Crippen LogP contribution in [-0.4, -0.2) is 29.3 Å². The van der Waals surface area contributed by atoms with Crippen molar-refractivity contribution in [1.29, 1.82) is 0 Å². The molecule has 2 heterocycles. The molecule has 3 rings (SSSR count). The van der Waals surface area contributed by atoms with Crippen molar-refractivity contribution in [3.8, 4) is 5.75 Å². The summed E-state index contributed by atoms with van der Waals surface area (Å²) in [4.78, 5) is 0. The lowest BCUT2D eigenvalue weighted by Crippen LogP contribution is -2.24. The summed E-state index contributed by atoms with van der Waals surface area (Å²) in [6.07, 6.45) is 5.10. The van der Waals surface area contributed by atoms with Crippen LogP contribution in [-0.2, 0) is 13.0 Å². The smallest absolute Gasteiger partial charge is 0.180 e. The summed E-state index contributed by atoms with van der Waals surface area (Å²) in [5.74, 6) is 1.00. The Bertz CT molecular complexity index is 647. The number of benzene rings is 1. The molecule has 4 nitrogen and oxygen atoms in total. The molecule has 1 aromatic carbocycles. The highest BCUT2D eigenvalue weighted by Crippen LogP contribution is 2.29. The van der Waals surface area contributed by atoms with Gasteiger partial charge in [0.15, 0.2) is 4.77 Å². The average Bonchev–Trinajstić information content (AvgIpc) is 2.85. The van der Waals surface area contributed by atoms with Crippen LogP contribution in [0.1, 0.15) is 11.6 Å². The quantitative estimate of drug-likeness (QED) is 0.877. The lowest BCUT2D eigenvalue weighted by atomic mass is 10.0. The summed E-state index contributed by atoms with van der Waals surface area (Å²) in [7, 11) is 1.95. The fourth-order valence-corrected chi connectivity index (χ4v) is 2.96. The predicted octanol–water partition coefficient (Wildman–Crippen LogP) is 2.41. The van der Waals surface area contributed by atoms with Crippen molar-refractivity contribution in [3.63, 3.8) is 0 Å². The Hall–Kier alpha value is -1.59. The van der Waals surface area contributed by atoms with Crippen LogP contribution in [0.15, 0.2) is 36.7 Å². The van der Waals surface area contributed by atoms with Crippen molar-refractivity contribution in [1.82, 2.24) is 14.5 Å². The summed E-state index contributed by atoms with van der Waals surface area (Å²) in [5.41, 5.74) is 1.26. The van der Waals surface area contributed by atoms with Crippen LogP contribution in [0.25, 0.3) is 0 Å². The molecule has 1 N–H and O–H groups in total. The van der Waals surface area contributed by atoms with Crippen LogP contribution < -0.4 is 10.1 Å². The molecule has 106 valence electrons. The lowest BCUT2D eigenvalue weighted by Gasteiger charge is -2.26. The van der Waals surface area contributed by atoms with Crippen LogP contribution in [0.2, 0.25) is 0 Å². The Morgan fingerprint density at radius 3 is 3.05 bits per heavy atom. The molecule has 1 aliphatic heterocycles. The number of para-hydroxylation sites is 1. The molecule has 2 aromatic rings. The van der Waals surface area contributed by atoms with Crippen LogP contribution in [0, 0.1) is 4.77 Å². The second kappa shape index (κ2) is 5.81. The molecule has 0 amide bonds. The van der Waals surface area contributed by atoms with Gasteiger partial charge in [-0.1, -0.05) is 18.2 Å². The highest BCUT2D eigenvalue weighted by molar-refractivity contribution is 7.71. The lowest BCUT2D eigenvalue weighted by molar-refractivity contribution is 0.222. The minimum absolute atomic E-state index is 0.285. The number of ether oxygens (including phenoxy) is 1. The van der Waals surface area contributed by atoms with Gasteiger partial charge in [-0.15, -0.1) is 0 Å². The van der Waals surface area contributed by atoms with E-state index in [-0.39, 0.29) is 6.04 Å². The maximum atomic E-state index is 5.85. The first-order chi connectivity index (χ1) is 9.79. The molecule has 0 fully saturated rings. The number of hydrogen-bond donors (Lipinski definition) is 1. The van der Waals surface area contributed by atoms with E-state index in [1.807, 2.05) is 19.2 Å². The summed E-state index contributed by atoms with van der Waals surface area (Å²) in [5, 5.41) is 3.14. The first kappa shape index (κ1) is 13.4. The molecule has 0 spiro atoms. The van der Waals surface area contributed by atoms with E-state index in [1.54, 1.807) is 0 Å². The zero-order valence-corrected chi connectivity index (χ0v) is 12.4. The summed E-state index contributed by atoms with van der Waals surface area (Å²) >= 11 is 5.56. The van der Waals surface area contributed by atoms with Gasteiger partial charge in [-0.05, 0) is 30.9 Å². The van der Waals surface area contributed by atoms with Gasteiger partial charge in [0.25, 0.3) is 0 Å². The molecule has 5 heteroatoms. The monoisotopic (exact) mass is 289 g/mol. The van der Waals surface area contributed by atoms with Gasteiger partial charge in [0.05, 0.1) is 6.04 Å². The number of hydrogen-bond acceptors (Lipinski definition) is 3. The van der Waals surface area contributed by atoms with Gasteiger partial charge in [-0.3, -0.25) is 0 Å². The van der Waals surface area contributed by atoms with E-state index in [0.717, 1.165) is 30.0 Å². The standard InChI is InChI=1S/C15H19N3OS/c1-16-6-7-17-8-9-18(15(17)20)13-10-12-4-2-3-5-14(12)19-11-13/h2-5,8-9,13,16H,6-7,10-11H2,1H3/t13-/m1/s1. The maximum absolute atomic E-state index is 5.85. The first-order valence-electron chi connectivity index (χ1n) is 6.92. The van der Waals surface area contributed by atoms with E-state index in [4.69, 9.17) is 17.0 Å². The topological polar surface area (TPSA) is 31.1 Å². The van der Waals surface area contributed by atoms with Gasteiger partial charge in [0.1, 0.15) is 12.4 Å². The van der Waals surface area contributed by atoms with Crippen LogP contribution in [0.3, 0.4) is 0 Å². The molecular formula is C15H19N3OS. The van der Waals surface area contributed by atoms with Gasteiger partial charge in [0, 0.05) is 31.9 Å². The number of nitrogens with zero attached hydrogens (tertiary/aromatic N) is 2. The van der Waals surface area contributed by atoms with E-state index in [9.17, 15) is 0 Å².